The first-order valence-electron chi connectivity index (χ1n) is 12.4. The predicted molar refractivity (Wildman–Crippen MR) is 156 cm³/mol. The molecule has 1 aromatic heterocycles. The molecule has 0 amide bonds. The number of carboxylic acids is 1. The quantitative estimate of drug-likeness (QED) is 0.107. The number of anilines is 1. The van der Waals surface area contributed by atoms with Crippen molar-refractivity contribution in [3.8, 4) is 0 Å². The van der Waals surface area contributed by atoms with Gasteiger partial charge < -0.3 is 20.9 Å². The molecule has 6 rings (SSSR count). The summed E-state index contributed by atoms with van der Waals surface area (Å²) < 4.78 is 0. The highest BCUT2D eigenvalue weighted by Gasteiger charge is 2.40. The van der Waals surface area contributed by atoms with E-state index in [-0.39, 0.29) is 21.7 Å². The lowest BCUT2D eigenvalue weighted by Crippen LogP contribution is -2.95. The van der Waals surface area contributed by atoms with Crippen LogP contribution in [0.2, 0.25) is 0 Å². The number of benzene rings is 4. The second kappa shape index (κ2) is 12.3. The van der Waals surface area contributed by atoms with Crippen LogP contribution < -0.4 is 10.9 Å². The van der Waals surface area contributed by atoms with Gasteiger partial charge in [0.05, 0.1) is 0 Å². The Hall–Kier alpha value is -5.23. The second-order valence-corrected chi connectivity index (χ2v) is 9.60. The SMILES string of the molecule is Nc1nc(/C(=N/OC(c2ccccc2)(c2ccccc2)c2ccccc2)C(=O)O)cs1.[O-][NH+]1N=Nc2ccccc21. The Labute approximate surface area is 239 Å². The van der Waals surface area contributed by atoms with E-state index in [4.69, 9.17) is 10.6 Å². The third-order valence-electron chi connectivity index (χ3n) is 6.16. The molecule has 5 aromatic rings. The van der Waals surface area contributed by atoms with Gasteiger partial charge in [0, 0.05) is 33.4 Å². The first kappa shape index (κ1) is 27.3. The molecular formula is C30H24N6O4S. The van der Waals surface area contributed by atoms with E-state index in [9.17, 15) is 15.1 Å². The number of quaternary nitrogens is 1. The fourth-order valence-corrected chi connectivity index (χ4v) is 4.83. The van der Waals surface area contributed by atoms with Gasteiger partial charge >= 0.3 is 5.97 Å². The number of rotatable bonds is 7. The second-order valence-electron chi connectivity index (χ2n) is 8.71. The normalized spacial score (nSPS) is 14.1. The topological polar surface area (TPSA) is 150 Å². The molecule has 0 saturated carbocycles. The smallest absolute Gasteiger partial charge is 0.360 e. The summed E-state index contributed by atoms with van der Waals surface area (Å²) in [5, 5.41) is 33.3. The maximum absolute atomic E-state index is 11.9. The van der Waals surface area contributed by atoms with Crippen LogP contribution in [0.3, 0.4) is 0 Å². The summed E-state index contributed by atoms with van der Waals surface area (Å²) in [4.78, 5) is 22.2. The number of nitrogens with zero attached hydrogens (tertiary/aromatic N) is 4. The van der Waals surface area contributed by atoms with Crippen molar-refractivity contribution in [3.05, 3.63) is 148 Å². The van der Waals surface area contributed by atoms with Gasteiger partial charge in [-0.2, -0.15) is 5.17 Å². The number of hydrogen-bond acceptors (Lipinski definition) is 9. The zero-order valence-electron chi connectivity index (χ0n) is 21.5. The van der Waals surface area contributed by atoms with E-state index in [1.54, 1.807) is 23.6 Å². The third kappa shape index (κ3) is 5.87. The number of oxime groups is 1. The van der Waals surface area contributed by atoms with Gasteiger partial charge in [-0.15, -0.1) is 11.3 Å². The number of nitrogen functional groups attached to an aromatic ring is 1. The molecule has 0 fully saturated rings. The van der Waals surface area contributed by atoms with E-state index in [1.807, 2.05) is 97.1 Å². The van der Waals surface area contributed by atoms with Crippen molar-refractivity contribution in [1.82, 2.24) is 4.98 Å². The van der Waals surface area contributed by atoms with Crippen molar-refractivity contribution < 1.29 is 19.9 Å². The molecule has 1 atom stereocenters. The number of thiazole rings is 1. The van der Waals surface area contributed by atoms with Crippen LogP contribution in [0.4, 0.5) is 16.5 Å². The van der Waals surface area contributed by atoms with Gasteiger partial charge in [0.15, 0.2) is 16.5 Å². The molecule has 41 heavy (non-hydrogen) atoms. The fourth-order valence-electron chi connectivity index (χ4n) is 4.28. The Kier molecular flexibility index (Phi) is 8.20. The number of aromatic nitrogens is 1. The maximum Gasteiger partial charge on any atom is 0.360 e. The van der Waals surface area contributed by atoms with Gasteiger partial charge in [-0.25, -0.2) is 9.78 Å². The molecule has 0 aliphatic carbocycles. The lowest BCUT2D eigenvalue weighted by atomic mass is 9.80. The number of carbonyl (C=O) groups is 1. The molecule has 11 heteroatoms. The van der Waals surface area contributed by atoms with Gasteiger partial charge in [-0.3, -0.25) is 0 Å². The molecule has 0 spiro atoms. The monoisotopic (exact) mass is 564 g/mol. The number of aliphatic carboxylic acids is 1. The molecule has 204 valence electrons. The van der Waals surface area contributed by atoms with Gasteiger partial charge in [0.2, 0.25) is 11.3 Å². The van der Waals surface area contributed by atoms with Gasteiger partial charge in [-0.1, -0.05) is 113 Å². The Morgan fingerprint density at radius 1 is 0.854 bits per heavy atom. The van der Waals surface area contributed by atoms with Gasteiger partial charge in [0.1, 0.15) is 5.69 Å². The predicted octanol–water partition coefficient (Wildman–Crippen LogP) is 5.24. The zero-order chi connectivity index (χ0) is 28.7. The molecule has 1 aliphatic rings. The highest BCUT2D eigenvalue weighted by molar-refractivity contribution is 7.13. The van der Waals surface area contributed by atoms with Crippen LogP contribution >= 0.6 is 11.3 Å². The summed E-state index contributed by atoms with van der Waals surface area (Å²) in [5.74, 6) is -1.26. The van der Waals surface area contributed by atoms with Gasteiger partial charge in [0.25, 0.3) is 0 Å². The molecule has 0 radical (unpaired) electrons. The molecule has 0 saturated heterocycles. The number of hydrogen-bond donors (Lipinski definition) is 3. The number of fused-ring (bicyclic) bond motifs is 1. The highest BCUT2D eigenvalue weighted by atomic mass is 32.1. The minimum Gasteiger partial charge on any atom is -0.600 e. The van der Waals surface area contributed by atoms with E-state index in [1.165, 1.54) is 0 Å². The first-order valence-corrected chi connectivity index (χ1v) is 13.3. The van der Waals surface area contributed by atoms with Crippen LogP contribution in [0.5, 0.6) is 0 Å². The van der Waals surface area contributed by atoms with Gasteiger partial charge in [-0.05, 0) is 6.07 Å². The van der Waals surface area contributed by atoms with Crippen LogP contribution in [0.25, 0.3) is 0 Å². The summed E-state index contributed by atoms with van der Waals surface area (Å²) in [7, 11) is 0. The summed E-state index contributed by atoms with van der Waals surface area (Å²) in [5.41, 5.74) is 8.03. The first-order chi connectivity index (χ1) is 20.0. The Morgan fingerprint density at radius 2 is 1.37 bits per heavy atom. The van der Waals surface area contributed by atoms with E-state index in [0.717, 1.165) is 28.0 Å². The van der Waals surface area contributed by atoms with Crippen LogP contribution in [0.15, 0.2) is 136 Å². The molecule has 4 aromatic carbocycles. The number of carboxylic acid groups (broad SMARTS) is 1. The van der Waals surface area contributed by atoms with Crippen LogP contribution in [-0.4, -0.2) is 21.8 Å². The summed E-state index contributed by atoms with van der Waals surface area (Å²) in [6, 6.07) is 35.8. The van der Waals surface area contributed by atoms with Crippen molar-refractivity contribution in [2.24, 2.45) is 15.5 Å². The Balaban J connectivity index is 0.000000282. The van der Waals surface area contributed by atoms with Crippen molar-refractivity contribution in [2.45, 2.75) is 5.60 Å². The molecule has 2 heterocycles. The lowest BCUT2D eigenvalue weighted by Gasteiger charge is -2.33. The minimum absolute atomic E-state index is 0.151. The van der Waals surface area contributed by atoms with Crippen LogP contribution in [0.1, 0.15) is 22.4 Å². The standard InChI is InChI=1S/C24H19N3O3S.C6H5N3O/c25-23-26-20(16-31-23)21(22(28)29)27-30-24(17-10-4-1-5-11-17,18-12-6-2-7-13-18)19-14-8-3-9-15-19;10-9-6-4-2-1-3-5(6)7-8-9/h1-16H,(H2,25,26)(H,28,29);1-4,9H/b27-21-;. The van der Waals surface area contributed by atoms with Crippen molar-refractivity contribution in [1.29, 1.82) is 0 Å². The van der Waals surface area contributed by atoms with E-state index in [0.29, 0.717) is 11.4 Å². The molecule has 0 bridgehead atoms. The summed E-state index contributed by atoms with van der Waals surface area (Å²) in [6.45, 7) is 0. The molecular weight excluding hydrogens is 540 g/mol. The average molecular weight is 565 g/mol. The van der Waals surface area contributed by atoms with Crippen LogP contribution in [-0.2, 0) is 15.2 Å². The van der Waals surface area contributed by atoms with E-state index < -0.39 is 11.6 Å². The van der Waals surface area contributed by atoms with Crippen molar-refractivity contribution in [3.63, 3.8) is 0 Å². The van der Waals surface area contributed by atoms with Crippen LogP contribution in [0, 0.1) is 5.21 Å². The largest absolute Gasteiger partial charge is 0.600 e. The van der Waals surface area contributed by atoms with Crippen molar-refractivity contribution >= 4 is 39.5 Å². The summed E-state index contributed by atoms with van der Waals surface area (Å²) in [6.07, 6.45) is 0. The average Bonchev–Trinajstić information content (AvgIpc) is 3.62. The minimum atomic E-state index is -1.26. The van der Waals surface area contributed by atoms with Crippen molar-refractivity contribution in [2.75, 3.05) is 5.73 Å². The van der Waals surface area contributed by atoms with E-state index >= 15 is 0 Å². The molecule has 1 unspecified atom stereocenters. The molecule has 10 nitrogen and oxygen atoms in total. The molecule has 4 N–H and O–H groups in total. The summed E-state index contributed by atoms with van der Waals surface area (Å²) >= 11 is 1.14. The maximum atomic E-state index is 11.9. The lowest BCUT2D eigenvalue weighted by molar-refractivity contribution is -0.784. The Morgan fingerprint density at radius 3 is 1.83 bits per heavy atom. The molecule has 1 aliphatic heterocycles. The highest BCUT2D eigenvalue weighted by Crippen LogP contribution is 2.40. The zero-order valence-corrected chi connectivity index (χ0v) is 22.3. The number of nitrogens with two attached hydrogens (primary N) is 1. The fraction of sp³-hybridized carbons (Fsp3) is 0.0333. The Bertz CT molecular complexity index is 1580. The number of nitrogens with one attached hydrogen (secondary N) is 1. The third-order valence-corrected chi connectivity index (χ3v) is 6.84. The van der Waals surface area contributed by atoms with E-state index in [2.05, 4.69) is 20.5 Å².